The zero-order chi connectivity index (χ0) is 20.2. The molecule has 2 rings (SSSR count). The first kappa shape index (κ1) is 21.2. The molecule has 1 aliphatic carbocycles. The SMILES string of the molecule is CCOC(=O)c1c(NC(=O)/C=C/C(=O)O)sc2c1CC[C@@H](C(C)(C)CC)C2. The Morgan fingerprint density at radius 1 is 1.30 bits per heavy atom. The van der Waals surface area contributed by atoms with Gasteiger partial charge in [-0.3, -0.25) is 4.79 Å². The number of hydrogen-bond acceptors (Lipinski definition) is 5. The van der Waals surface area contributed by atoms with Gasteiger partial charge in [0.2, 0.25) is 5.91 Å². The van der Waals surface area contributed by atoms with Crippen molar-refractivity contribution in [3.8, 4) is 0 Å². The molecule has 0 unspecified atom stereocenters. The van der Waals surface area contributed by atoms with Gasteiger partial charge >= 0.3 is 11.9 Å². The van der Waals surface area contributed by atoms with E-state index in [4.69, 9.17) is 9.84 Å². The van der Waals surface area contributed by atoms with Crippen LogP contribution in [0.2, 0.25) is 0 Å². The molecule has 0 saturated heterocycles. The van der Waals surface area contributed by atoms with E-state index in [-0.39, 0.29) is 12.0 Å². The Kier molecular flexibility index (Phi) is 6.81. The van der Waals surface area contributed by atoms with E-state index < -0.39 is 17.8 Å². The monoisotopic (exact) mass is 393 g/mol. The Morgan fingerprint density at radius 2 is 2.00 bits per heavy atom. The summed E-state index contributed by atoms with van der Waals surface area (Å²) in [6.45, 7) is 8.71. The molecule has 0 fully saturated rings. The molecule has 148 valence electrons. The number of ether oxygens (including phenoxy) is 1. The van der Waals surface area contributed by atoms with Gasteiger partial charge in [0.1, 0.15) is 5.00 Å². The number of anilines is 1. The maximum Gasteiger partial charge on any atom is 0.341 e. The molecule has 0 saturated carbocycles. The molecule has 0 aliphatic heterocycles. The summed E-state index contributed by atoms with van der Waals surface area (Å²) in [6, 6.07) is 0. The second-order valence-electron chi connectivity index (χ2n) is 7.37. The summed E-state index contributed by atoms with van der Waals surface area (Å²) in [4.78, 5) is 36.2. The van der Waals surface area contributed by atoms with Gasteiger partial charge in [0, 0.05) is 17.0 Å². The van der Waals surface area contributed by atoms with Crippen molar-refractivity contribution >= 4 is 34.2 Å². The highest BCUT2D eigenvalue weighted by Crippen LogP contribution is 2.45. The predicted molar refractivity (Wildman–Crippen MR) is 105 cm³/mol. The lowest BCUT2D eigenvalue weighted by atomic mass is 9.69. The lowest BCUT2D eigenvalue weighted by Crippen LogP contribution is -2.28. The predicted octanol–water partition coefficient (Wildman–Crippen LogP) is 4.05. The maximum atomic E-state index is 12.5. The molecule has 1 amide bonds. The third kappa shape index (κ3) is 4.97. The highest BCUT2D eigenvalue weighted by molar-refractivity contribution is 7.17. The fourth-order valence-electron chi connectivity index (χ4n) is 3.35. The fraction of sp³-hybridized carbons (Fsp3) is 0.550. The van der Waals surface area contributed by atoms with E-state index in [0.717, 1.165) is 48.3 Å². The average Bonchev–Trinajstić information content (AvgIpc) is 2.97. The van der Waals surface area contributed by atoms with Crippen LogP contribution in [0.4, 0.5) is 5.00 Å². The number of fused-ring (bicyclic) bond motifs is 1. The van der Waals surface area contributed by atoms with E-state index in [1.807, 2.05) is 0 Å². The fourth-order valence-corrected chi connectivity index (χ4v) is 4.67. The molecular formula is C20H27NO5S. The van der Waals surface area contributed by atoms with Crippen LogP contribution in [0.25, 0.3) is 0 Å². The number of carboxylic acids is 1. The number of carboxylic acid groups (broad SMARTS) is 1. The molecule has 27 heavy (non-hydrogen) atoms. The van der Waals surface area contributed by atoms with Crippen molar-refractivity contribution in [3.63, 3.8) is 0 Å². The molecule has 0 bridgehead atoms. The van der Waals surface area contributed by atoms with Crippen molar-refractivity contribution < 1.29 is 24.2 Å². The number of nitrogens with one attached hydrogen (secondary N) is 1. The zero-order valence-electron chi connectivity index (χ0n) is 16.3. The van der Waals surface area contributed by atoms with E-state index >= 15 is 0 Å². The normalized spacial score (nSPS) is 16.8. The van der Waals surface area contributed by atoms with Crippen LogP contribution in [-0.4, -0.2) is 29.6 Å². The van der Waals surface area contributed by atoms with Gasteiger partial charge in [0.15, 0.2) is 0 Å². The molecule has 1 aromatic heterocycles. The summed E-state index contributed by atoms with van der Waals surface area (Å²) in [7, 11) is 0. The van der Waals surface area contributed by atoms with Crippen LogP contribution in [-0.2, 0) is 27.2 Å². The summed E-state index contributed by atoms with van der Waals surface area (Å²) in [5, 5.41) is 11.8. The largest absolute Gasteiger partial charge is 0.478 e. The Labute approximate surface area is 163 Å². The highest BCUT2D eigenvalue weighted by atomic mass is 32.1. The van der Waals surface area contributed by atoms with Crippen molar-refractivity contribution in [3.05, 3.63) is 28.2 Å². The number of amides is 1. The molecule has 0 radical (unpaired) electrons. The number of esters is 1. The molecular weight excluding hydrogens is 366 g/mol. The van der Waals surface area contributed by atoms with Gasteiger partial charge in [-0.2, -0.15) is 0 Å². The number of aliphatic carboxylic acids is 1. The molecule has 0 spiro atoms. The van der Waals surface area contributed by atoms with E-state index in [2.05, 4.69) is 26.1 Å². The van der Waals surface area contributed by atoms with Crippen molar-refractivity contribution in [1.82, 2.24) is 0 Å². The molecule has 1 heterocycles. The second kappa shape index (κ2) is 8.69. The quantitative estimate of drug-likeness (QED) is 0.539. The Hall–Kier alpha value is -2.15. The van der Waals surface area contributed by atoms with E-state index in [0.29, 0.717) is 16.5 Å². The van der Waals surface area contributed by atoms with Crippen LogP contribution in [0.15, 0.2) is 12.2 Å². The van der Waals surface area contributed by atoms with Gasteiger partial charge in [-0.1, -0.05) is 27.2 Å². The van der Waals surface area contributed by atoms with Gasteiger partial charge in [-0.05, 0) is 43.1 Å². The maximum absolute atomic E-state index is 12.5. The molecule has 1 aliphatic rings. The van der Waals surface area contributed by atoms with Crippen molar-refractivity contribution in [2.75, 3.05) is 11.9 Å². The van der Waals surface area contributed by atoms with E-state index in [1.165, 1.54) is 11.3 Å². The minimum Gasteiger partial charge on any atom is -0.478 e. The molecule has 1 aromatic rings. The van der Waals surface area contributed by atoms with Crippen LogP contribution in [0.1, 0.15) is 61.3 Å². The summed E-state index contributed by atoms with van der Waals surface area (Å²) in [5.74, 6) is -1.71. The summed E-state index contributed by atoms with van der Waals surface area (Å²) >= 11 is 1.39. The van der Waals surface area contributed by atoms with Crippen LogP contribution >= 0.6 is 11.3 Å². The smallest absolute Gasteiger partial charge is 0.341 e. The van der Waals surface area contributed by atoms with Gasteiger partial charge in [-0.25, -0.2) is 9.59 Å². The summed E-state index contributed by atoms with van der Waals surface area (Å²) in [5.41, 5.74) is 1.58. The van der Waals surface area contributed by atoms with E-state index in [1.54, 1.807) is 6.92 Å². The van der Waals surface area contributed by atoms with Crippen LogP contribution < -0.4 is 5.32 Å². The third-order valence-electron chi connectivity index (χ3n) is 5.38. The molecule has 0 aromatic carbocycles. The second-order valence-corrected chi connectivity index (χ2v) is 8.48. The standard InChI is InChI=1S/C20H27NO5S/c1-5-20(3,4)12-7-8-13-14(11-12)27-18(17(13)19(25)26-6-2)21-15(22)9-10-16(23)24/h9-10,12H,5-8,11H2,1-4H3,(H,21,22)(H,23,24)/b10-9+/t12-/m1/s1. The molecule has 6 nitrogen and oxygen atoms in total. The van der Waals surface area contributed by atoms with Gasteiger partial charge in [-0.15, -0.1) is 11.3 Å². The van der Waals surface area contributed by atoms with Crippen LogP contribution in [0, 0.1) is 11.3 Å². The molecule has 2 N–H and O–H groups in total. The van der Waals surface area contributed by atoms with Gasteiger partial charge in [0.25, 0.3) is 0 Å². The van der Waals surface area contributed by atoms with Crippen LogP contribution in [0.3, 0.4) is 0 Å². The van der Waals surface area contributed by atoms with Gasteiger partial charge in [0.05, 0.1) is 12.2 Å². The number of carbonyl (C=O) groups excluding carboxylic acids is 2. The minimum atomic E-state index is -1.20. The third-order valence-corrected chi connectivity index (χ3v) is 6.55. The zero-order valence-corrected chi connectivity index (χ0v) is 17.1. The Morgan fingerprint density at radius 3 is 2.59 bits per heavy atom. The number of carbonyl (C=O) groups is 3. The topological polar surface area (TPSA) is 92.7 Å². The van der Waals surface area contributed by atoms with Crippen molar-refractivity contribution in [2.45, 2.75) is 53.4 Å². The minimum absolute atomic E-state index is 0.208. The van der Waals surface area contributed by atoms with E-state index in [9.17, 15) is 14.4 Å². The lowest BCUT2D eigenvalue weighted by Gasteiger charge is -2.36. The highest BCUT2D eigenvalue weighted by Gasteiger charge is 2.35. The summed E-state index contributed by atoms with van der Waals surface area (Å²) < 4.78 is 5.19. The Balaban J connectivity index is 2.35. The lowest BCUT2D eigenvalue weighted by molar-refractivity contribution is -0.131. The number of thiophene rings is 1. The van der Waals surface area contributed by atoms with Crippen molar-refractivity contribution in [1.29, 1.82) is 0 Å². The molecule has 7 heteroatoms. The first-order chi connectivity index (χ1) is 12.7. The average molecular weight is 394 g/mol. The molecule has 1 atom stereocenters. The van der Waals surface area contributed by atoms with Gasteiger partial charge < -0.3 is 15.2 Å². The first-order valence-corrected chi connectivity index (χ1v) is 10.0. The van der Waals surface area contributed by atoms with Crippen LogP contribution in [0.5, 0.6) is 0 Å². The number of rotatable bonds is 7. The van der Waals surface area contributed by atoms with Crippen molar-refractivity contribution in [2.24, 2.45) is 11.3 Å². The Bertz CT molecular complexity index is 763. The first-order valence-electron chi connectivity index (χ1n) is 9.23. The number of hydrogen-bond donors (Lipinski definition) is 2. The summed E-state index contributed by atoms with van der Waals surface area (Å²) in [6.07, 6.45) is 5.42.